The van der Waals surface area contributed by atoms with Crippen LogP contribution >= 0.6 is 0 Å². The van der Waals surface area contributed by atoms with Crippen molar-refractivity contribution in [1.82, 2.24) is 5.32 Å². The Morgan fingerprint density at radius 3 is 2.43 bits per heavy atom. The summed E-state index contributed by atoms with van der Waals surface area (Å²) in [5.41, 5.74) is 0. The van der Waals surface area contributed by atoms with Crippen LogP contribution in [0, 0.1) is 17.8 Å². The summed E-state index contributed by atoms with van der Waals surface area (Å²) in [7, 11) is 0. The molecule has 1 N–H and O–H groups in total. The first-order valence-corrected chi connectivity index (χ1v) is 6.46. The summed E-state index contributed by atoms with van der Waals surface area (Å²) in [6, 6.07) is 1.65. The van der Waals surface area contributed by atoms with Gasteiger partial charge in [0.1, 0.15) is 0 Å². The summed E-state index contributed by atoms with van der Waals surface area (Å²) in [5, 5.41) is 3.85. The first-order valence-electron chi connectivity index (χ1n) is 6.46. The highest BCUT2D eigenvalue weighted by molar-refractivity contribution is 4.93. The molecule has 1 nitrogen and oxygen atoms in total. The van der Waals surface area contributed by atoms with E-state index in [4.69, 9.17) is 0 Å². The molecule has 0 spiro atoms. The van der Waals surface area contributed by atoms with Gasteiger partial charge >= 0.3 is 0 Å². The fraction of sp³-hybridized carbons (Fsp3) is 1.00. The third kappa shape index (κ3) is 1.98. The molecule has 1 aliphatic heterocycles. The minimum Gasteiger partial charge on any atom is -0.311 e. The van der Waals surface area contributed by atoms with Crippen molar-refractivity contribution in [3.05, 3.63) is 0 Å². The summed E-state index contributed by atoms with van der Waals surface area (Å²) in [5.74, 6) is 2.88. The van der Waals surface area contributed by atoms with Crippen LogP contribution in [-0.4, -0.2) is 12.1 Å². The second kappa shape index (κ2) is 4.22. The lowest BCUT2D eigenvalue weighted by atomic mass is 9.92. The van der Waals surface area contributed by atoms with Gasteiger partial charge in [0.05, 0.1) is 0 Å². The van der Waals surface area contributed by atoms with Crippen LogP contribution in [0.2, 0.25) is 0 Å². The molecule has 0 aromatic heterocycles. The van der Waals surface area contributed by atoms with Crippen LogP contribution in [0.15, 0.2) is 0 Å². The fourth-order valence-electron chi connectivity index (χ4n) is 3.54. The van der Waals surface area contributed by atoms with Crippen molar-refractivity contribution in [3.63, 3.8) is 0 Å². The summed E-state index contributed by atoms with van der Waals surface area (Å²) >= 11 is 0. The zero-order valence-electron chi connectivity index (χ0n) is 9.92. The number of nitrogens with one attached hydrogen (secondary N) is 1. The third-order valence-electron chi connectivity index (χ3n) is 4.48. The second-order valence-corrected chi connectivity index (χ2v) is 5.68. The second-order valence-electron chi connectivity index (χ2n) is 5.68. The van der Waals surface area contributed by atoms with E-state index in [1.807, 2.05) is 0 Å². The van der Waals surface area contributed by atoms with Gasteiger partial charge in [0, 0.05) is 12.1 Å². The van der Waals surface area contributed by atoms with Crippen molar-refractivity contribution in [2.24, 2.45) is 17.8 Å². The number of rotatable bonds is 2. The van der Waals surface area contributed by atoms with E-state index in [1.165, 1.54) is 32.1 Å². The van der Waals surface area contributed by atoms with Gasteiger partial charge in [-0.1, -0.05) is 27.2 Å². The summed E-state index contributed by atoms with van der Waals surface area (Å²) < 4.78 is 0. The lowest BCUT2D eigenvalue weighted by molar-refractivity contribution is 0.372. The van der Waals surface area contributed by atoms with Gasteiger partial charge in [0.2, 0.25) is 0 Å². The van der Waals surface area contributed by atoms with E-state index in [2.05, 4.69) is 26.1 Å². The van der Waals surface area contributed by atoms with Gasteiger partial charge in [-0.2, -0.15) is 0 Å². The Kier molecular flexibility index (Phi) is 3.16. The highest BCUT2D eigenvalue weighted by Gasteiger charge is 2.36. The van der Waals surface area contributed by atoms with Gasteiger partial charge in [-0.3, -0.25) is 0 Å². The van der Waals surface area contributed by atoms with E-state index in [-0.39, 0.29) is 0 Å². The van der Waals surface area contributed by atoms with Gasteiger partial charge in [0.15, 0.2) is 0 Å². The predicted molar refractivity (Wildman–Crippen MR) is 61.3 cm³/mol. The largest absolute Gasteiger partial charge is 0.311 e. The molecule has 2 fully saturated rings. The zero-order valence-corrected chi connectivity index (χ0v) is 9.92. The molecule has 14 heavy (non-hydrogen) atoms. The smallest absolute Gasteiger partial charge is 0.0101 e. The van der Waals surface area contributed by atoms with Crippen molar-refractivity contribution in [1.29, 1.82) is 0 Å². The average Bonchev–Trinajstić information content (AvgIpc) is 2.71. The average molecular weight is 195 g/mol. The van der Waals surface area contributed by atoms with E-state index in [9.17, 15) is 0 Å². The van der Waals surface area contributed by atoms with Crippen molar-refractivity contribution in [3.8, 4) is 0 Å². The monoisotopic (exact) mass is 195 g/mol. The SMILES string of the molecule is CCC1NC(C2CCC(C)C2)CC1C. The Labute approximate surface area is 88.7 Å². The molecular weight excluding hydrogens is 170 g/mol. The molecule has 0 bridgehead atoms. The molecule has 1 saturated heterocycles. The standard InChI is InChI=1S/C13H25N/c1-4-12-10(3)8-13(14-12)11-6-5-9(2)7-11/h9-14H,4-8H2,1-3H3. The molecule has 1 aliphatic carbocycles. The number of hydrogen-bond donors (Lipinski definition) is 1. The first kappa shape index (κ1) is 10.5. The Morgan fingerprint density at radius 1 is 1.14 bits per heavy atom. The minimum absolute atomic E-state index is 0.802. The van der Waals surface area contributed by atoms with E-state index >= 15 is 0 Å². The molecule has 5 atom stereocenters. The Hall–Kier alpha value is -0.0400. The Morgan fingerprint density at radius 2 is 1.93 bits per heavy atom. The maximum atomic E-state index is 3.85. The molecule has 1 saturated carbocycles. The van der Waals surface area contributed by atoms with Crippen LogP contribution in [0.4, 0.5) is 0 Å². The molecule has 0 aromatic carbocycles. The lowest BCUT2D eigenvalue weighted by Gasteiger charge is -2.19. The molecule has 0 aromatic rings. The zero-order chi connectivity index (χ0) is 10.1. The van der Waals surface area contributed by atoms with E-state index in [0.29, 0.717) is 0 Å². The van der Waals surface area contributed by atoms with E-state index in [1.54, 1.807) is 0 Å². The summed E-state index contributed by atoms with van der Waals surface area (Å²) in [6.07, 6.45) is 7.15. The van der Waals surface area contributed by atoms with Gasteiger partial charge in [-0.05, 0) is 43.4 Å². The topological polar surface area (TPSA) is 12.0 Å². The lowest BCUT2D eigenvalue weighted by Crippen LogP contribution is -2.34. The van der Waals surface area contributed by atoms with Gasteiger partial charge in [-0.25, -0.2) is 0 Å². The maximum absolute atomic E-state index is 3.85. The van der Waals surface area contributed by atoms with Crippen LogP contribution in [0.3, 0.4) is 0 Å². The molecule has 2 aliphatic rings. The molecule has 1 heterocycles. The van der Waals surface area contributed by atoms with Gasteiger partial charge < -0.3 is 5.32 Å². The van der Waals surface area contributed by atoms with Crippen molar-refractivity contribution < 1.29 is 0 Å². The normalized spacial score (nSPS) is 48.6. The molecule has 1 heteroatoms. The number of hydrogen-bond acceptors (Lipinski definition) is 1. The quantitative estimate of drug-likeness (QED) is 0.713. The molecule has 2 rings (SSSR count). The van der Waals surface area contributed by atoms with Crippen LogP contribution in [0.25, 0.3) is 0 Å². The van der Waals surface area contributed by atoms with Gasteiger partial charge in [-0.15, -0.1) is 0 Å². The Bertz CT molecular complexity index is 190. The van der Waals surface area contributed by atoms with E-state index in [0.717, 1.165) is 29.8 Å². The highest BCUT2D eigenvalue weighted by atomic mass is 15.0. The summed E-state index contributed by atoms with van der Waals surface area (Å²) in [6.45, 7) is 7.14. The fourth-order valence-corrected chi connectivity index (χ4v) is 3.54. The van der Waals surface area contributed by atoms with E-state index < -0.39 is 0 Å². The molecule has 0 radical (unpaired) electrons. The van der Waals surface area contributed by atoms with Crippen LogP contribution < -0.4 is 5.32 Å². The molecule has 82 valence electrons. The van der Waals surface area contributed by atoms with Crippen LogP contribution in [-0.2, 0) is 0 Å². The Balaban J connectivity index is 1.88. The third-order valence-corrected chi connectivity index (χ3v) is 4.48. The van der Waals surface area contributed by atoms with Crippen LogP contribution in [0.1, 0.15) is 52.9 Å². The van der Waals surface area contributed by atoms with Crippen molar-refractivity contribution in [2.75, 3.05) is 0 Å². The maximum Gasteiger partial charge on any atom is 0.0101 e. The van der Waals surface area contributed by atoms with Crippen molar-refractivity contribution >= 4 is 0 Å². The molecule has 5 unspecified atom stereocenters. The predicted octanol–water partition coefficient (Wildman–Crippen LogP) is 3.20. The highest BCUT2D eigenvalue weighted by Crippen LogP contribution is 2.37. The summed E-state index contributed by atoms with van der Waals surface area (Å²) in [4.78, 5) is 0. The molecule has 0 amide bonds. The molecular formula is C13H25N. The van der Waals surface area contributed by atoms with Gasteiger partial charge in [0.25, 0.3) is 0 Å². The first-order chi connectivity index (χ1) is 6.70. The van der Waals surface area contributed by atoms with Crippen molar-refractivity contribution in [2.45, 2.75) is 65.0 Å². The minimum atomic E-state index is 0.802. The van der Waals surface area contributed by atoms with Crippen LogP contribution in [0.5, 0.6) is 0 Å².